The van der Waals surface area contributed by atoms with E-state index in [0.29, 0.717) is 15.4 Å². The summed E-state index contributed by atoms with van der Waals surface area (Å²) in [6.07, 6.45) is 0. The van der Waals surface area contributed by atoms with Gasteiger partial charge in [0.05, 0.1) is 10.2 Å². The summed E-state index contributed by atoms with van der Waals surface area (Å²) in [4.78, 5) is 27.8. The van der Waals surface area contributed by atoms with Crippen molar-refractivity contribution in [1.29, 1.82) is 0 Å². The zero-order chi connectivity index (χ0) is 16.4. The second kappa shape index (κ2) is 6.36. The van der Waals surface area contributed by atoms with Crippen LogP contribution in [0.3, 0.4) is 0 Å². The molecule has 5 nitrogen and oxygen atoms in total. The molecule has 0 saturated heterocycles. The second-order valence-corrected chi connectivity index (χ2v) is 6.20. The summed E-state index contributed by atoms with van der Waals surface area (Å²) >= 11 is 7.08. The molecule has 0 saturated carbocycles. The number of carbonyl (C=O) groups is 2. The van der Waals surface area contributed by atoms with Gasteiger partial charge in [0.2, 0.25) is 0 Å². The molecule has 0 unspecified atom stereocenters. The van der Waals surface area contributed by atoms with Crippen molar-refractivity contribution >= 4 is 45.0 Å². The fourth-order valence-corrected chi connectivity index (χ4v) is 3.29. The van der Waals surface area contributed by atoms with Gasteiger partial charge in [0.1, 0.15) is 6.54 Å². The first-order valence-electron chi connectivity index (χ1n) is 6.69. The van der Waals surface area contributed by atoms with Gasteiger partial charge in [0.25, 0.3) is 5.91 Å². The summed E-state index contributed by atoms with van der Waals surface area (Å²) in [5.74, 6) is -1.43. The summed E-state index contributed by atoms with van der Waals surface area (Å²) < 4.78 is 2.40. The zero-order valence-corrected chi connectivity index (χ0v) is 13.3. The third-order valence-electron chi connectivity index (χ3n) is 3.17. The Morgan fingerprint density at radius 3 is 2.52 bits per heavy atom. The predicted molar refractivity (Wildman–Crippen MR) is 88.8 cm³/mol. The van der Waals surface area contributed by atoms with Crippen LogP contribution >= 0.6 is 22.9 Å². The predicted octanol–water partition coefficient (Wildman–Crippen LogP) is 3.18. The molecule has 3 rings (SSSR count). The number of rotatable bonds is 3. The molecule has 1 heterocycles. The van der Waals surface area contributed by atoms with Gasteiger partial charge < -0.3 is 9.67 Å². The van der Waals surface area contributed by atoms with Gasteiger partial charge in [0, 0.05) is 10.6 Å². The fraction of sp³-hybridized carbons (Fsp3) is 0.0625. The minimum Gasteiger partial charge on any atom is -0.480 e. The van der Waals surface area contributed by atoms with E-state index >= 15 is 0 Å². The van der Waals surface area contributed by atoms with Crippen LogP contribution in [0.2, 0.25) is 5.02 Å². The average molecular weight is 347 g/mol. The van der Waals surface area contributed by atoms with E-state index in [1.807, 2.05) is 18.2 Å². The number of thiazole rings is 1. The first kappa shape index (κ1) is 15.5. The van der Waals surface area contributed by atoms with Gasteiger partial charge in [-0.15, -0.1) is 0 Å². The summed E-state index contributed by atoms with van der Waals surface area (Å²) in [5, 5.41) is 9.63. The number of fused-ring (bicyclic) bond motifs is 1. The van der Waals surface area contributed by atoms with Gasteiger partial charge in [-0.25, -0.2) is 0 Å². The fourth-order valence-electron chi connectivity index (χ4n) is 2.14. The third kappa shape index (κ3) is 3.33. The lowest BCUT2D eigenvalue weighted by molar-refractivity contribution is -0.137. The Hall–Kier alpha value is -2.44. The van der Waals surface area contributed by atoms with Gasteiger partial charge in [0.15, 0.2) is 4.80 Å². The average Bonchev–Trinajstić information content (AvgIpc) is 2.85. The lowest BCUT2D eigenvalue weighted by atomic mass is 10.2. The summed E-state index contributed by atoms with van der Waals surface area (Å²) in [6, 6.07) is 13.7. The van der Waals surface area contributed by atoms with E-state index in [2.05, 4.69) is 4.99 Å². The van der Waals surface area contributed by atoms with E-state index in [1.165, 1.54) is 15.9 Å². The Kier molecular flexibility index (Phi) is 4.27. The molecule has 1 N–H and O–H groups in total. The number of aliphatic carboxylic acids is 1. The normalized spacial score (nSPS) is 11.8. The summed E-state index contributed by atoms with van der Waals surface area (Å²) in [7, 11) is 0. The van der Waals surface area contributed by atoms with Crippen molar-refractivity contribution in [1.82, 2.24) is 4.57 Å². The highest BCUT2D eigenvalue weighted by Crippen LogP contribution is 2.17. The maximum Gasteiger partial charge on any atom is 0.323 e. The number of halogens is 1. The summed E-state index contributed by atoms with van der Waals surface area (Å²) in [5.41, 5.74) is 1.14. The van der Waals surface area contributed by atoms with Crippen molar-refractivity contribution < 1.29 is 14.7 Å². The second-order valence-electron chi connectivity index (χ2n) is 4.76. The number of aromatic nitrogens is 1. The molecule has 0 bridgehead atoms. The van der Waals surface area contributed by atoms with E-state index in [4.69, 9.17) is 16.7 Å². The Morgan fingerprint density at radius 1 is 1.13 bits per heavy atom. The first-order chi connectivity index (χ1) is 11.0. The number of carboxylic acid groups (broad SMARTS) is 1. The van der Waals surface area contributed by atoms with E-state index in [-0.39, 0.29) is 6.54 Å². The molecular weight excluding hydrogens is 336 g/mol. The highest BCUT2D eigenvalue weighted by molar-refractivity contribution is 7.16. The van der Waals surface area contributed by atoms with Crippen molar-refractivity contribution in [2.45, 2.75) is 6.54 Å². The molecule has 1 amide bonds. The van der Waals surface area contributed by atoms with E-state index < -0.39 is 11.9 Å². The molecule has 0 fully saturated rings. The van der Waals surface area contributed by atoms with Crippen LogP contribution < -0.4 is 4.80 Å². The van der Waals surface area contributed by atoms with Crippen molar-refractivity contribution in [2.24, 2.45) is 4.99 Å². The van der Waals surface area contributed by atoms with Crippen LogP contribution in [0.4, 0.5) is 0 Å². The molecule has 0 aliphatic rings. The lowest BCUT2D eigenvalue weighted by Crippen LogP contribution is -2.21. The molecule has 23 heavy (non-hydrogen) atoms. The largest absolute Gasteiger partial charge is 0.480 e. The van der Waals surface area contributed by atoms with Gasteiger partial charge in [-0.05, 0) is 36.4 Å². The third-order valence-corrected chi connectivity index (χ3v) is 4.48. The number of hydrogen-bond acceptors (Lipinski definition) is 3. The summed E-state index contributed by atoms with van der Waals surface area (Å²) in [6.45, 7) is -0.253. The zero-order valence-electron chi connectivity index (χ0n) is 11.8. The van der Waals surface area contributed by atoms with Gasteiger partial charge in [-0.1, -0.05) is 35.1 Å². The smallest absolute Gasteiger partial charge is 0.323 e. The Labute approximate surface area is 140 Å². The maximum atomic E-state index is 12.3. The van der Waals surface area contributed by atoms with Crippen molar-refractivity contribution in [3.63, 3.8) is 0 Å². The Bertz CT molecular complexity index is 957. The van der Waals surface area contributed by atoms with Crippen molar-refractivity contribution in [2.75, 3.05) is 0 Å². The molecule has 116 valence electrons. The van der Waals surface area contributed by atoms with E-state index in [0.717, 1.165) is 10.2 Å². The number of carbonyl (C=O) groups excluding carboxylic acids is 1. The number of benzene rings is 2. The van der Waals surface area contributed by atoms with Crippen LogP contribution in [0, 0.1) is 0 Å². The first-order valence-corrected chi connectivity index (χ1v) is 7.89. The molecule has 0 atom stereocenters. The number of hydrogen-bond donors (Lipinski definition) is 1. The molecule has 1 aromatic heterocycles. The molecule has 0 radical (unpaired) electrons. The van der Waals surface area contributed by atoms with Crippen LogP contribution in [-0.4, -0.2) is 21.6 Å². The molecular formula is C16H11ClN2O3S. The van der Waals surface area contributed by atoms with Crippen LogP contribution in [0.15, 0.2) is 53.5 Å². The Balaban J connectivity index is 2.12. The molecule has 3 aromatic rings. The number of para-hydroxylation sites is 1. The quantitative estimate of drug-likeness (QED) is 0.791. The van der Waals surface area contributed by atoms with Crippen LogP contribution in [-0.2, 0) is 11.3 Å². The van der Waals surface area contributed by atoms with Crippen molar-refractivity contribution in [3.05, 3.63) is 63.9 Å². The van der Waals surface area contributed by atoms with Gasteiger partial charge >= 0.3 is 5.97 Å². The van der Waals surface area contributed by atoms with Crippen molar-refractivity contribution in [3.8, 4) is 0 Å². The molecule has 2 aromatic carbocycles. The van der Waals surface area contributed by atoms with Crippen LogP contribution in [0.25, 0.3) is 10.2 Å². The highest BCUT2D eigenvalue weighted by atomic mass is 35.5. The van der Waals surface area contributed by atoms with E-state index in [1.54, 1.807) is 30.3 Å². The topological polar surface area (TPSA) is 71.7 Å². The lowest BCUT2D eigenvalue weighted by Gasteiger charge is -2.00. The standard InChI is InChI=1S/C16H11ClN2O3S/c17-11-7-5-10(6-8-11)15(22)18-16-19(9-14(20)21)12-3-1-2-4-13(12)23-16/h1-8H,9H2,(H,20,21)/b18-16-. The SMILES string of the molecule is O=C(O)Cn1/c(=N/C(=O)c2ccc(Cl)cc2)sc2ccccc21. The molecule has 7 heteroatoms. The maximum absolute atomic E-state index is 12.3. The van der Waals surface area contributed by atoms with Gasteiger partial charge in [-0.2, -0.15) is 4.99 Å². The van der Waals surface area contributed by atoms with E-state index in [9.17, 15) is 9.59 Å². The van der Waals surface area contributed by atoms with Crippen LogP contribution in [0.1, 0.15) is 10.4 Å². The minimum absolute atomic E-state index is 0.253. The minimum atomic E-state index is -0.992. The van der Waals surface area contributed by atoms with Crippen LogP contribution in [0.5, 0.6) is 0 Å². The van der Waals surface area contributed by atoms with Gasteiger partial charge in [-0.3, -0.25) is 9.59 Å². The molecule has 0 aliphatic heterocycles. The molecule has 0 spiro atoms. The number of carboxylic acids is 1. The number of nitrogens with zero attached hydrogens (tertiary/aromatic N) is 2. The monoisotopic (exact) mass is 346 g/mol. The Morgan fingerprint density at radius 2 is 1.83 bits per heavy atom. The highest BCUT2D eigenvalue weighted by Gasteiger charge is 2.11. The number of amides is 1. The molecule has 0 aliphatic carbocycles.